The first kappa shape index (κ1) is 20.6. The van der Waals surface area contributed by atoms with Crippen LogP contribution in [-0.4, -0.2) is 62.1 Å². The van der Waals surface area contributed by atoms with E-state index in [0.717, 1.165) is 11.0 Å². The average Bonchev–Trinajstić information content (AvgIpc) is 2.65. The highest BCUT2D eigenvalue weighted by Crippen LogP contribution is 2.26. The summed E-state index contributed by atoms with van der Waals surface area (Å²) in [5, 5.41) is 1.05. The quantitative estimate of drug-likeness (QED) is 0.262. The van der Waals surface area contributed by atoms with Gasteiger partial charge in [-0.05, 0) is 19.1 Å². The number of nitrogens with one attached hydrogen (secondary N) is 1. The van der Waals surface area contributed by atoms with E-state index in [9.17, 15) is 23.1 Å². The van der Waals surface area contributed by atoms with Crippen molar-refractivity contribution in [1.82, 2.24) is 10.2 Å². The van der Waals surface area contributed by atoms with Gasteiger partial charge in [-0.1, -0.05) is 24.3 Å². The van der Waals surface area contributed by atoms with E-state index in [2.05, 4.69) is 11.9 Å². The number of esters is 1. The molecule has 1 aromatic carbocycles. The van der Waals surface area contributed by atoms with Crippen LogP contribution in [0.25, 0.3) is 0 Å². The molecule has 1 aliphatic rings. The van der Waals surface area contributed by atoms with Gasteiger partial charge in [0.05, 0.1) is 6.61 Å². The van der Waals surface area contributed by atoms with Crippen LogP contribution < -0.4 is 10.1 Å². The number of carbonyl (C=O) groups is 3. The van der Waals surface area contributed by atoms with E-state index in [-0.39, 0.29) is 13.2 Å². The summed E-state index contributed by atoms with van der Waals surface area (Å²) >= 11 is -2.51. The topological polar surface area (TPSA) is 122 Å². The monoisotopic (exact) mass is 396 g/mol. The van der Waals surface area contributed by atoms with E-state index in [0.29, 0.717) is 5.75 Å². The van der Waals surface area contributed by atoms with E-state index in [1.54, 1.807) is 37.3 Å². The summed E-state index contributed by atoms with van der Waals surface area (Å²) in [7, 11) is 0. The van der Waals surface area contributed by atoms with Gasteiger partial charge in [0, 0.05) is 0 Å². The first-order valence-electron chi connectivity index (χ1n) is 8.09. The molecule has 2 amide bonds. The molecule has 0 spiro atoms. The standard InChI is InChI=1S/C17H20N2O7S/c1-3-12(17(22)25-4-2)19-15(21)14(16(19)27(23)24)18-13(20)10-26-11-8-6-5-7-9-11/h3,5-9,12,14,16H,1,4,10H2,2H3,(H,18,20)(H,23,24). The molecule has 1 saturated heterocycles. The third kappa shape index (κ3) is 4.72. The molecule has 2 N–H and O–H groups in total. The lowest BCUT2D eigenvalue weighted by Crippen LogP contribution is -2.75. The van der Waals surface area contributed by atoms with Gasteiger partial charge < -0.3 is 24.2 Å². The van der Waals surface area contributed by atoms with Gasteiger partial charge in [0.15, 0.2) is 23.1 Å². The zero-order valence-electron chi connectivity index (χ0n) is 14.6. The number of ether oxygens (including phenoxy) is 2. The highest BCUT2D eigenvalue weighted by Gasteiger charge is 2.55. The maximum Gasteiger partial charge on any atom is 0.332 e. The van der Waals surface area contributed by atoms with Gasteiger partial charge in [0.25, 0.3) is 11.8 Å². The van der Waals surface area contributed by atoms with Gasteiger partial charge in [-0.25, -0.2) is 9.00 Å². The lowest BCUT2D eigenvalue weighted by molar-refractivity contribution is -0.162. The molecule has 1 aliphatic heterocycles. The van der Waals surface area contributed by atoms with Crippen molar-refractivity contribution in [2.75, 3.05) is 13.2 Å². The van der Waals surface area contributed by atoms with Crippen molar-refractivity contribution in [3.05, 3.63) is 43.0 Å². The van der Waals surface area contributed by atoms with Gasteiger partial charge in [0.2, 0.25) is 0 Å². The minimum Gasteiger partial charge on any atom is -0.484 e. The van der Waals surface area contributed by atoms with E-state index >= 15 is 0 Å². The molecule has 0 saturated carbocycles. The number of benzene rings is 1. The van der Waals surface area contributed by atoms with Crippen LogP contribution >= 0.6 is 0 Å². The van der Waals surface area contributed by atoms with E-state index in [1.165, 1.54) is 0 Å². The van der Waals surface area contributed by atoms with E-state index < -0.39 is 46.3 Å². The maximum atomic E-state index is 12.4. The molecule has 9 nitrogen and oxygen atoms in total. The molecule has 4 atom stereocenters. The highest BCUT2D eigenvalue weighted by molar-refractivity contribution is 7.80. The Morgan fingerprint density at radius 3 is 2.63 bits per heavy atom. The van der Waals surface area contributed by atoms with Crippen molar-refractivity contribution >= 4 is 28.9 Å². The number of likely N-dealkylation sites (tertiary alicyclic amines) is 1. The Labute approximate surface area is 158 Å². The fourth-order valence-electron chi connectivity index (χ4n) is 2.56. The summed E-state index contributed by atoms with van der Waals surface area (Å²) in [6.07, 6.45) is 1.15. The molecule has 4 unspecified atom stereocenters. The molecule has 1 aromatic rings. The summed E-state index contributed by atoms with van der Waals surface area (Å²) in [5.41, 5.74) is 0. The molecule has 2 rings (SSSR count). The molecule has 0 bridgehead atoms. The third-order valence-electron chi connectivity index (χ3n) is 3.77. The number of nitrogens with zero attached hydrogens (tertiary/aromatic N) is 1. The number of carbonyl (C=O) groups excluding carboxylic acids is 3. The van der Waals surface area contributed by atoms with Crippen LogP contribution in [0.3, 0.4) is 0 Å². The summed E-state index contributed by atoms with van der Waals surface area (Å²) in [4.78, 5) is 37.2. The minimum atomic E-state index is -2.51. The Morgan fingerprint density at radius 1 is 1.41 bits per heavy atom. The van der Waals surface area contributed by atoms with Crippen LogP contribution in [0.5, 0.6) is 5.75 Å². The summed E-state index contributed by atoms with van der Waals surface area (Å²) in [6, 6.07) is 6.10. The molecule has 1 heterocycles. The molecule has 27 heavy (non-hydrogen) atoms. The van der Waals surface area contributed by atoms with Crippen molar-refractivity contribution in [3.8, 4) is 5.75 Å². The lowest BCUT2D eigenvalue weighted by Gasteiger charge is -2.47. The average molecular weight is 396 g/mol. The Morgan fingerprint density at radius 2 is 2.07 bits per heavy atom. The summed E-state index contributed by atoms with van der Waals surface area (Å²) in [6.45, 7) is 4.76. The van der Waals surface area contributed by atoms with Crippen LogP contribution in [0.4, 0.5) is 0 Å². The second-order valence-corrected chi connectivity index (χ2v) is 6.53. The van der Waals surface area contributed by atoms with Crippen molar-refractivity contribution in [3.63, 3.8) is 0 Å². The smallest absolute Gasteiger partial charge is 0.332 e. The van der Waals surface area contributed by atoms with E-state index in [4.69, 9.17) is 9.47 Å². The van der Waals surface area contributed by atoms with Crippen LogP contribution in [0, 0.1) is 0 Å². The van der Waals surface area contributed by atoms with Gasteiger partial charge in [-0.3, -0.25) is 9.59 Å². The third-order valence-corrected chi connectivity index (χ3v) is 4.68. The maximum absolute atomic E-state index is 12.4. The first-order valence-corrected chi connectivity index (χ1v) is 9.26. The Bertz CT molecular complexity index is 740. The van der Waals surface area contributed by atoms with Crippen LogP contribution in [0.2, 0.25) is 0 Å². The van der Waals surface area contributed by atoms with Crippen molar-refractivity contribution in [1.29, 1.82) is 0 Å². The lowest BCUT2D eigenvalue weighted by atomic mass is 10.0. The number of rotatable bonds is 9. The fraction of sp³-hybridized carbons (Fsp3) is 0.353. The Hall–Kier alpha value is -2.72. The highest BCUT2D eigenvalue weighted by atomic mass is 32.2. The predicted molar refractivity (Wildman–Crippen MR) is 95.9 cm³/mol. The van der Waals surface area contributed by atoms with Crippen molar-refractivity contribution in [2.24, 2.45) is 0 Å². The summed E-state index contributed by atoms with van der Waals surface area (Å²) in [5.74, 6) is -1.63. The zero-order chi connectivity index (χ0) is 20.0. The Kier molecular flexibility index (Phi) is 7.08. The SMILES string of the molecule is C=CC(C(=O)OCC)N1C(=O)C(NC(=O)COc2ccccc2)C1S(=O)O. The first-order chi connectivity index (χ1) is 12.9. The zero-order valence-corrected chi connectivity index (χ0v) is 15.4. The molecule has 146 valence electrons. The second-order valence-electron chi connectivity index (χ2n) is 5.49. The van der Waals surface area contributed by atoms with Gasteiger partial charge in [-0.15, -0.1) is 6.58 Å². The number of β-lactam (4-membered cyclic amide) rings is 1. The molecular formula is C17H20N2O7S. The summed E-state index contributed by atoms with van der Waals surface area (Å²) < 4.78 is 31.3. The normalized spacial score (nSPS) is 20.8. The van der Waals surface area contributed by atoms with Crippen LogP contribution in [0.15, 0.2) is 43.0 Å². The molecule has 10 heteroatoms. The van der Waals surface area contributed by atoms with Gasteiger partial charge in [0.1, 0.15) is 17.8 Å². The van der Waals surface area contributed by atoms with Crippen molar-refractivity contribution < 1.29 is 32.6 Å². The van der Waals surface area contributed by atoms with Gasteiger partial charge >= 0.3 is 5.97 Å². The molecule has 0 aliphatic carbocycles. The fourth-order valence-corrected chi connectivity index (χ4v) is 3.41. The van der Waals surface area contributed by atoms with Crippen molar-refractivity contribution in [2.45, 2.75) is 24.4 Å². The molecule has 0 aromatic heterocycles. The van der Waals surface area contributed by atoms with Gasteiger partial charge in [-0.2, -0.15) is 0 Å². The molecular weight excluding hydrogens is 376 g/mol. The molecule has 1 fully saturated rings. The number of hydrogen-bond acceptors (Lipinski definition) is 6. The number of para-hydroxylation sites is 1. The van der Waals surface area contributed by atoms with Crippen LogP contribution in [-0.2, 0) is 30.2 Å². The minimum absolute atomic E-state index is 0.0784. The Balaban J connectivity index is 2.01. The predicted octanol–water partition coefficient (Wildman–Crippen LogP) is 0.0579. The number of hydrogen-bond donors (Lipinski definition) is 2. The largest absolute Gasteiger partial charge is 0.484 e. The van der Waals surface area contributed by atoms with E-state index in [1.807, 2.05) is 0 Å². The van der Waals surface area contributed by atoms with Crippen LogP contribution in [0.1, 0.15) is 6.92 Å². The second kappa shape index (κ2) is 9.28. The number of amides is 2. The molecule has 0 radical (unpaired) electrons.